The summed E-state index contributed by atoms with van der Waals surface area (Å²) in [6.07, 6.45) is 5.72. The highest BCUT2D eigenvalue weighted by molar-refractivity contribution is 5.85. The molecule has 2 saturated heterocycles. The number of nitrogens with two attached hydrogens (primary N) is 1. The molecule has 0 aromatic heterocycles. The average molecular weight is 276 g/mol. The number of halogens is 1. The largest absolute Gasteiger partial charge is 0.342 e. The van der Waals surface area contributed by atoms with Gasteiger partial charge in [-0.15, -0.1) is 12.4 Å². The lowest BCUT2D eigenvalue weighted by Crippen LogP contribution is -2.45. The highest BCUT2D eigenvalue weighted by Crippen LogP contribution is 2.21. The molecule has 2 N–H and O–H groups in total. The molecule has 18 heavy (non-hydrogen) atoms. The van der Waals surface area contributed by atoms with Crippen LogP contribution in [0.5, 0.6) is 0 Å². The van der Waals surface area contributed by atoms with Crippen molar-refractivity contribution < 1.29 is 4.79 Å². The van der Waals surface area contributed by atoms with Crippen LogP contribution in [0.25, 0.3) is 0 Å². The van der Waals surface area contributed by atoms with Gasteiger partial charge >= 0.3 is 0 Å². The summed E-state index contributed by atoms with van der Waals surface area (Å²) in [6.45, 7) is 5.77. The van der Waals surface area contributed by atoms with Crippen LogP contribution in [0.1, 0.15) is 32.1 Å². The fraction of sp³-hybridized carbons (Fsp3) is 0.923. The summed E-state index contributed by atoms with van der Waals surface area (Å²) in [7, 11) is 0. The van der Waals surface area contributed by atoms with Crippen molar-refractivity contribution in [2.45, 2.75) is 32.1 Å². The number of hydrogen-bond acceptors (Lipinski definition) is 3. The number of rotatable bonds is 3. The Labute approximate surface area is 116 Å². The van der Waals surface area contributed by atoms with Crippen LogP contribution in [0.3, 0.4) is 0 Å². The van der Waals surface area contributed by atoms with Crippen molar-refractivity contribution in [3.05, 3.63) is 0 Å². The van der Waals surface area contributed by atoms with Gasteiger partial charge in [-0.25, -0.2) is 0 Å². The van der Waals surface area contributed by atoms with E-state index >= 15 is 0 Å². The van der Waals surface area contributed by atoms with Crippen molar-refractivity contribution in [3.63, 3.8) is 0 Å². The van der Waals surface area contributed by atoms with Gasteiger partial charge in [-0.1, -0.05) is 0 Å². The van der Waals surface area contributed by atoms with Gasteiger partial charge in [-0.3, -0.25) is 4.79 Å². The quantitative estimate of drug-likeness (QED) is 0.839. The predicted octanol–water partition coefficient (Wildman–Crippen LogP) is 1.09. The maximum absolute atomic E-state index is 12.3. The van der Waals surface area contributed by atoms with Crippen LogP contribution in [0.15, 0.2) is 0 Å². The number of amides is 1. The van der Waals surface area contributed by atoms with E-state index in [0.29, 0.717) is 5.91 Å². The van der Waals surface area contributed by atoms with Crippen molar-refractivity contribution in [3.8, 4) is 0 Å². The van der Waals surface area contributed by atoms with E-state index in [1.54, 1.807) is 0 Å². The first-order chi connectivity index (χ1) is 8.31. The first-order valence-electron chi connectivity index (χ1n) is 7.02. The lowest BCUT2D eigenvalue weighted by molar-refractivity contribution is -0.138. The van der Waals surface area contributed by atoms with Crippen molar-refractivity contribution in [2.24, 2.45) is 11.7 Å². The summed E-state index contributed by atoms with van der Waals surface area (Å²) in [5.74, 6) is 0.694. The summed E-state index contributed by atoms with van der Waals surface area (Å²) in [6, 6.07) is 0. The normalized spacial score (nSPS) is 22.6. The Kier molecular flexibility index (Phi) is 6.97. The molecule has 2 fully saturated rings. The fourth-order valence-electron chi connectivity index (χ4n) is 2.96. The Bertz CT molecular complexity index is 249. The van der Waals surface area contributed by atoms with Gasteiger partial charge in [0.1, 0.15) is 0 Å². The molecule has 0 atom stereocenters. The van der Waals surface area contributed by atoms with Gasteiger partial charge in [0.05, 0.1) is 0 Å². The maximum atomic E-state index is 12.3. The lowest BCUT2D eigenvalue weighted by Gasteiger charge is -2.35. The minimum atomic E-state index is 0. The van der Waals surface area contributed by atoms with Crippen LogP contribution < -0.4 is 5.73 Å². The van der Waals surface area contributed by atoms with Gasteiger partial charge in [-0.2, -0.15) is 0 Å². The van der Waals surface area contributed by atoms with Gasteiger partial charge in [0.25, 0.3) is 0 Å². The predicted molar refractivity (Wildman–Crippen MR) is 75.9 cm³/mol. The van der Waals surface area contributed by atoms with E-state index < -0.39 is 0 Å². The smallest absolute Gasteiger partial charge is 0.225 e. The molecule has 2 aliphatic rings. The summed E-state index contributed by atoms with van der Waals surface area (Å²) in [5, 5.41) is 0. The van der Waals surface area contributed by atoms with Crippen molar-refractivity contribution in [1.82, 2.24) is 9.80 Å². The molecule has 2 rings (SSSR count). The highest BCUT2D eigenvalue weighted by atomic mass is 35.5. The molecule has 1 amide bonds. The molecule has 4 nitrogen and oxygen atoms in total. The van der Waals surface area contributed by atoms with Crippen LogP contribution in [0.4, 0.5) is 0 Å². The second kappa shape index (κ2) is 7.97. The Morgan fingerprint density at radius 3 is 2.22 bits per heavy atom. The number of piperidine rings is 2. The van der Waals surface area contributed by atoms with Gasteiger partial charge in [0.2, 0.25) is 5.91 Å². The Morgan fingerprint density at radius 1 is 1.06 bits per heavy atom. The van der Waals surface area contributed by atoms with Crippen LogP contribution in [0.2, 0.25) is 0 Å². The summed E-state index contributed by atoms with van der Waals surface area (Å²) >= 11 is 0. The summed E-state index contributed by atoms with van der Waals surface area (Å²) in [5.41, 5.74) is 5.55. The lowest BCUT2D eigenvalue weighted by atomic mass is 9.94. The second-order valence-electron chi connectivity index (χ2n) is 5.29. The van der Waals surface area contributed by atoms with E-state index in [2.05, 4.69) is 9.80 Å². The molecule has 0 unspecified atom stereocenters. The number of carbonyl (C=O) groups is 1. The maximum Gasteiger partial charge on any atom is 0.225 e. The van der Waals surface area contributed by atoms with E-state index in [-0.39, 0.29) is 18.3 Å². The van der Waals surface area contributed by atoms with Crippen molar-refractivity contribution in [1.29, 1.82) is 0 Å². The fourth-order valence-corrected chi connectivity index (χ4v) is 2.96. The molecule has 0 spiro atoms. The topological polar surface area (TPSA) is 49.6 Å². The number of likely N-dealkylation sites (tertiary alicyclic amines) is 2. The number of hydrogen-bond donors (Lipinski definition) is 1. The molecule has 2 aliphatic heterocycles. The van der Waals surface area contributed by atoms with E-state index in [9.17, 15) is 4.79 Å². The van der Waals surface area contributed by atoms with Crippen LogP contribution >= 0.6 is 12.4 Å². The first-order valence-corrected chi connectivity index (χ1v) is 7.02. The third-order valence-corrected chi connectivity index (χ3v) is 4.05. The molecule has 0 radical (unpaired) electrons. The standard InChI is InChI=1S/C13H25N3O.ClH/c14-6-11-15-9-4-12(5-10-15)13(17)16-7-2-1-3-8-16;/h12H,1-11,14H2;1H. The number of nitrogens with zero attached hydrogens (tertiary/aromatic N) is 2. The zero-order valence-electron chi connectivity index (χ0n) is 11.1. The van der Waals surface area contributed by atoms with Gasteiger partial charge in [0, 0.05) is 32.1 Å². The molecular formula is C13H26ClN3O. The Hall–Kier alpha value is -0.320. The van der Waals surface area contributed by atoms with Gasteiger partial charge in [-0.05, 0) is 45.2 Å². The highest BCUT2D eigenvalue weighted by Gasteiger charge is 2.28. The van der Waals surface area contributed by atoms with E-state index in [1.165, 1.54) is 19.3 Å². The molecule has 0 aromatic rings. The molecule has 5 heteroatoms. The SMILES string of the molecule is Cl.NCCN1CCC(C(=O)N2CCCCC2)CC1. The third kappa shape index (κ3) is 4.11. The summed E-state index contributed by atoms with van der Waals surface area (Å²) < 4.78 is 0. The van der Waals surface area contributed by atoms with Crippen molar-refractivity contribution in [2.75, 3.05) is 39.3 Å². The van der Waals surface area contributed by atoms with Crippen LogP contribution in [-0.4, -0.2) is 55.0 Å². The first kappa shape index (κ1) is 15.7. The minimum Gasteiger partial charge on any atom is -0.342 e. The van der Waals surface area contributed by atoms with Crippen LogP contribution in [0, 0.1) is 5.92 Å². The van der Waals surface area contributed by atoms with E-state index in [0.717, 1.165) is 52.1 Å². The molecule has 0 aliphatic carbocycles. The third-order valence-electron chi connectivity index (χ3n) is 4.05. The molecular weight excluding hydrogens is 250 g/mol. The molecule has 0 saturated carbocycles. The van der Waals surface area contributed by atoms with Crippen molar-refractivity contribution >= 4 is 18.3 Å². The molecule has 0 aromatic carbocycles. The monoisotopic (exact) mass is 275 g/mol. The molecule has 106 valence electrons. The zero-order valence-corrected chi connectivity index (χ0v) is 12.0. The Balaban J connectivity index is 0.00000162. The van der Waals surface area contributed by atoms with E-state index in [1.807, 2.05) is 0 Å². The second-order valence-corrected chi connectivity index (χ2v) is 5.29. The number of carbonyl (C=O) groups excluding carboxylic acids is 1. The molecule has 0 bridgehead atoms. The minimum absolute atomic E-state index is 0. The van der Waals surface area contributed by atoms with E-state index in [4.69, 9.17) is 5.73 Å². The zero-order chi connectivity index (χ0) is 12.1. The van der Waals surface area contributed by atoms with Gasteiger partial charge < -0.3 is 15.5 Å². The molecule has 2 heterocycles. The van der Waals surface area contributed by atoms with Gasteiger partial charge in [0.15, 0.2) is 0 Å². The summed E-state index contributed by atoms with van der Waals surface area (Å²) in [4.78, 5) is 16.8. The average Bonchev–Trinajstić information content (AvgIpc) is 2.40. The van der Waals surface area contributed by atoms with Crippen LogP contribution in [-0.2, 0) is 4.79 Å². The Morgan fingerprint density at radius 2 is 1.67 bits per heavy atom.